The van der Waals surface area contributed by atoms with Crippen LogP contribution in [0, 0.1) is 11.8 Å². The lowest BCUT2D eigenvalue weighted by molar-refractivity contribution is 0.108. The van der Waals surface area contributed by atoms with E-state index in [9.17, 15) is 4.79 Å². The zero-order valence-corrected chi connectivity index (χ0v) is 13.4. The first-order valence-electron chi connectivity index (χ1n) is 8.70. The van der Waals surface area contributed by atoms with Gasteiger partial charge in [-0.1, -0.05) is 31.4 Å². The van der Waals surface area contributed by atoms with E-state index in [2.05, 4.69) is 10.3 Å². The van der Waals surface area contributed by atoms with Crippen molar-refractivity contribution in [3.63, 3.8) is 0 Å². The summed E-state index contributed by atoms with van der Waals surface area (Å²) in [6.07, 6.45) is 10.1. The SMILES string of the molecule is O=C(Nc1cccc2cnccc12)N1CC[C@H]2CCCC[C@@H]2C1. The van der Waals surface area contributed by atoms with E-state index in [0.717, 1.165) is 41.9 Å². The first-order chi connectivity index (χ1) is 11.3. The van der Waals surface area contributed by atoms with Crippen LogP contribution in [-0.4, -0.2) is 29.0 Å². The summed E-state index contributed by atoms with van der Waals surface area (Å²) < 4.78 is 0. The highest BCUT2D eigenvalue weighted by atomic mass is 16.2. The van der Waals surface area contributed by atoms with E-state index in [1.165, 1.54) is 25.7 Å². The molecule has 4 heteroatoms. The molecule has 2 heterocycles. The van der Waals surface area contributed by atoms with E-state index in [1.807, 2.05) is 35.4 Å². The Labute approximate surface area is 136 Å². The summed E-state index contributed by atoms with van der Waals surface area (Å²) in [4.78, 5) is 18.8. The van der Waals surface area contributed by atoms with Crippen LogP contribution in [0.4, 0.5) is 10.5 Å². The number of nitrogens with one attached hydrogen (secondary N) is 1. The summed E-state index contributed by atoms with van der Waals surface area (Å²) in [7, 11) is 0. The van der Waals surface area contributed by atoms with Gasteiger partial charge in [-0.3, -0.25) is 4.98 Å². The first kappa shape index (κ1) is 14.5. The van der Waals surface area contributed by atoms with Gasteiger partial charge in [-0.25, -0.2) is 4.79 Å². The predicted octanol–water partition coefficient (Wildman–Crippen LogP) is 4.28. The molecule has 0 radical (unpaired) electrons. The average Bonchev–Trinajstić information content (AvgIpc) is 2.61. The van der Waals surface area contributed by atoms with Crippen LogP contribution in [0.15, 0.2) is 36.7 Å². The molecule has 1 saturated carbocycles. The molecular weight excluding hydrogens is 286 g/mol. The molecule has 2 fully saturated rings. The van der Waals surface area contributed by atoms with E-state index < -0.39 is 0 Å². The molecule has 23 heavy (non-hydrogen) atoms. The van der Waals surface area contributed by atoms with Crippen molar-refractivity contribution >= 4 is 22.5 Å². The minimum atomic E-state index is 0.0401. The molecular formula is C19H23N3O. The Hall–Kier alpha value is -2.10. The summed E-state index contributed by atoms with van der Waals surface area (Å²) in [6.45, 7) is 1.81. The number of aromatic nitrogens is 1. The van der Waals surface area contributed by atoms with Crippen molar-refractivity contribution in [3.8, 4) is 0 Å². The lowest BCUT2D eigenvalue weighted by Crippen LogP contribution is -2.46. The lowest BCUT2D eigenvalue weighted by Gasteiger charge is -2.41. The standard InChI is InChI=1S/C19H23N3O/c23-19(22-11-9-14-4-1-2-5-16(14)13-22)21-18-7-3-6-15-12-20-10-8-17(15)18/h3,6-8,10,12,14,16H,1-2,4-5,9,11,13H2,(H,21,23)/t14-,16-/m1/s1. The van der Waals surface area contributed by atoms with Gasteiger partial charge in [0.2, 0.25) is 0 Å². The lowest BCUT2D eigenvalue weighted by atomic mass is 9.75. The summed E-state index contributed by atoms with van der Waals surface area (Å²) >= 11 is 0. The topological polar surface area (TPSA) is 45.2 Å². The van der Waals surface area contributed by atoms with Crippen LogP contribution in [-0.2, 0) is 0 Å². The number of amides is 2. The largest absolute Gasteiger partial charge is 0.324 e. The second-order valence-electron chi connectivity index (χ2n) is 6.87. The van der Waals surface area contributed by atoms with E-state index in [4.69, 9.17) is 0 Å². The zero-order chi connectivity index (χ0) is 15.6. The fourth-order valence-electron chi connectivity index (χ4n) is 4.21. The molecule has 2 atom stereocenters. The highest BCUT2D eigenvalue weighted by Crippen LogP contribution is 2.36. The number of fused-ring (bicyclic) bond motifs is 2. The minimum absolute atomic E-state index is 0.0401. The first-order valence-corrected chi connectivity index (χ1v) is 8.70. The van der Waals surface area contributed by atoms with Crippen LogP contribution in [0.2, 0.25) is 0 Å². The number of hydrogen-bond acceptors (Lipinski definition) is 2. The summed E-state index contributed by atoms with van der Waals surface area (Å²) in [5.74, 6) is 1.55. The molecule has 0 bridgehead atoms. The van der Waals surface area contributed by atoms with Crippen molar-refractivity contribution in [2.24, 2.45) is 11.8 Å². The number of nitrogens with zero attached hydrogens (tertiary/aromatic N) is 2. The van der Waals surface area contributed by atoms with Gasteiger partial charge in [0.1, 0.15) is 0 Å². The fourth-order valence-corrected chi connectivity index (χ4v) is 4.21. The van der Waals surface area contributed by atoms with Gasteiger partial charge < -0.3 is 10.2 Å². The highest BCUT2D eigenvalue weighted by Gasteiger charge is 2.32. The van der Waals surface area contributed by atoms with Crippen LogP contribution in [0.5, 0.6) is 0 Å². The maximum atomic E-state index is 12.7. The van der Waals surface area contributed by atoms with E-state index in [-0.39, 0.29) is 6.03 Å². The number of hydrogen-bond donors (Lipinski definition) is 1. The zero-order valence-electron chi connectivity index (χ0n) is 13.4. The molecule has 1 aromatic carbocycles. The molecule has 1 saturated heterocycles. The van der Waals surface area contributed by atoms with Crippen LogP contribution < -0.4 is 5.32 Å². The highest BCUT2D eigenvalue weighted by molar-refractivity contribution is 6.01. The third-order valence-electron chi connectivity index (χ3n) is 5.50. The number of piperidine rings is 1. The third kappa shape index (κ3) is 2.90. The molecule has 120 valence electrons. The molecule has 4 rings (SSSR count). The number of urea groups is 1. The number of rotatable bonds is 1. The molecule has 2 amide bonds. The Bertz CT molecular complexity index is 709. The Kier molecular flexibility index (Phi) is 3.90. The van der Waals surface area contributed by atoms with Crippen LogP contribution >= 0.6 is 0 Å². The molecule has 2 aliphatic rings. The minimum Gasteiger partial charge on any atom is -0.324 e. The summed E-state index contributed by atoms with van der Waals surface area (Å²) in [5, 5.41) is 5.21. The normalized spacial score (nSPS) is 24.3. The second-order valence-corrected chi connectivity index (χ2v) is 6.87. The second kappa shape index (κ2) is 6.19. The van der Waals surface area contributed by atoms with Gasteiger partial charge in [-0.2, -0.15) is 0 Å². The van der Waals surface area contributed by atoms with Crippen LogP contribution in [0.1, 0.15) is 32.1 Å². The summed E-state index contributed by atoms with van der Waals surface area (Å²) in [5.41, 5.74) is 0.876. The molecule has 0 spiro atoms. The van der Waals surface area contributed by atoms with Gasteiger partial charge in [-0.05, 0) is 36.8 Å². The van der Waals surface area contributed by atoms with Crippen molar-refractivity contribution in [3.05, 3.63) is 36.7 Å². The number of pyridine rings is 1. The molecule has 1 aliphatic heterocycles. The van der Waals surface area contributed by atoms with Crippen molar-refractivity contribution < 1.29 is 4.79 Å². The average molecular weight is 309 g/mol. The molecule has 2 aromatic rings. The van der Waals surface area contributed by atoms with Gasteiger partial charge in [-0.15, -0.1) is 0 Å². The fraction of sp³-hybridized carbons (Fsp3) is 0.474. The van der Waals surface area contributed by atoms with E-state index in [0.29, 0.717) is 5.92 Å². The molecule has 4 nitrogen and oxygen atoms in total. The maximum Gasteiger partial charge on any atom is 0.321 e. The van der Waals surface area contributed by atoms with Gasteiger partial charge in [0.15, 0.2) is 0 Å². The Morgan fingerprint density at radius 2 is 2.00 bits per heavy atom. The van der Waals surface area contributed by atoms with Gasteiger partial charge >= 0.3 is 6.03 Å². The van der Waals surface area contributed by atoms with Crippen LogP contribution in [0.3, 0.4) is 0 Å². The predicted molar refractivity (Wildman–Crippen MR) is 92.4 cm³/mol. The van der Waals surface area contributed by atoms with Crippen molar-refractivity contribution in [1.82, 2.24) is 9.88 Å². The van der Waals surface area contributed by atoms with Gasteiger partial charge in [0.05, 0.1) is 5.69 Å². The number of anilines is 1. The smallest absolute Gasteiger partial charge is 0.321 e. The van der Waals surface area contributed by atoms with Crippen molar-refractivity contribution in [2.45, 2.75) is 32.1 Å². The van der Waals surface area contributed by atoms with Crippen molar-refractivity contribution in [1.29, 1.82) is 0 Å². The van der Waals surface area contributed by atoms with E-state index >= 15 is 0 Å². The molecule has 1 aromatic heterocycles. The van der Waals surface area contributed by atoms with E-state index in [1.54, 1.807) is 6.20 Å². The van der Waals surface area contributed by atoms with Crippen molar-refractivity contribution in [2.75, 3.05) is 18.4 Å². The molecule has 1 N–H and O–H groups in total. The number of carbonyl (C=O) groups is 1. The Morgan fingerprint density at radius 3 is 2.91 bits per heavy atom. The monoisotopic (exact) mass is 309 g/mol. The Morgan fingerprint density at radius 1 is 1.13 bits per heavy atom. The molecule has 0 unspecified atom stereocenters. The molecule has 1 aliphatic carbocycles. The Balaban J connectivity index is 1.49. The quantitative estimate of drug-likeness (QED) is 0.854. The van der Waals surface area contributed by atoms with Gasteiger partial charge in [0.25, 0.3) is 0 Å². The number of likely N-dealkylation sites (tertiary alicyclic amines) is 1. The maximum absolute atomic E-state index is 12.7. The van der Waals surface area contributed by atoms with Gasteiger partial charge in [0, 0.05) is 36.3 Å². The number of carbonyl (C=O) groups excluding carboxylic acids is 1. The third-order valence-corrected chi connectivity index (χ3v) is 5.50. The van der Waals surface area contributed by atoms with Crippen LogP contribution in [0.25, 0.3) is 10.8 Å². The summed E-state index contributed by atoms with van der Waals surface area (Å²) in [6, 6.07) is 7.95. The number of benzene rings is 1.